The van der Waals surface area contributed by atoms with Gasteiger partial charge >= 0.3 is 0 Å². The molecule has 0 aliphatic rings. The van der Waals surface area contributed by atoms with Gasteiger partial charge in [0.1, 0.15) is 0 Å². The third-order valence-electron chi connectivity index (χ3n) is 3.15. The molecule has 0 aliphatic carbocycles. The zero-order valence-corrected chi connectivity index (χ0v) is 11.7. The van der Waals surface area contributed by atoms with E-state index in [-0.39, 0.29) is 0 Å². The topological polar surface area (TPSA) is 37.8 Å². The lowest BCUT2D eigenvalue weighted by molar-refractivity contribution is 0.552. The predicted molar refractivity (Wildman–Crippen MR) is 75.9 cm³/mol. The van der Waals surface area contributed by atoms with E-state index in [4.69, 9.17) is 0 Å². The molecule has 1 atom stereocenters. The monoisotopic (exact) mass is 261 g/mol. The Bertz CT molecular complexity index is 467. The maximum Gasteiger partial charge on any atom is 0.0800 e. The van der Waals surface area contributed by atoms with Crippen molar-refractivity contribution >= 4 is 11.5 Å². The van der Waals surface area contributed by atoms with Crippen LogP contribution in [0.1, 0.15) is 35.5 Å². The first kappa shape index (κ1) is 13.2. The van der Waals surface area contributed by atoms with Gasteiger partial charge in [0.15, 0.2) is 0 Å². The van der Waals surface area contributed by atoms with E-state index in [0.717, 1.165) is 25.0 Å². The molecule has 3 nitrogen and oxygen atoms in total. The highest BCUT2D eigenvalue weighted by molar-refractivity contribution is 7.05. The summed E-state index contributed by atoms with van der Waals surface area (Å²) in [5.74, 6) is 0. The lowest BCUT2D eigenvalue weighted by atomic mass is 10.0. The summed E-state index contributed by atoms with van der Waals surface area (Å²) >= 11 is 1.52. The minimum absolute atomic E-state index is 0.361. The van der Waals surface area contributed by atoms with Crippen molar-refractivity contribution in [1.82, 2.24) is 14.9 Å². The molecule has 4 heteroatoms. The van der Waals surface area contributed by atoms with Crippen molar-refractivity contribution in [3.05, 3.63) is 46.5 Å². The van der Waals surface area contributed by atoms with Crippen molar-refractivity contribution in [2.24, 2.45) is 0 Å². The summed E-state index contributed by atoms with van der Waals surface area (Å²) in [7, 11) is 2.01. The number of nitrogens with one attached hydrogen (secondary N) is 1. The Morgan fingerprint density at radius 2 is 2.06 bits per heavy atom. The van der Waals surface area contributed by atoms with Crippen LogP contribution in [0.15, 0.2) is 30.3 Å². The number of benzene rings is 1. The van der Waals surface area contributed by atoms with Crippen LogP contribution in [0.3, 0.4) is 0 Å². The molecule has 1 aromatic carbocycles. The van der Waals surface area contributed by atoms with Gasteiger partial charge in [0, 0.05) is 6.04 Å². The summed E-state index contributed by atoms with van der Waals surface area (Å²) in [4.78, 5) is 1.29. The maximum absolute atomic E-state index is 4.19. The molecule has 0 saturated carbocycles. The van der Waals surface area contributed by atoms with Gasteiger partial charge in [-0.25, -0.2) is 0 Å². The van der Waals surface area contributed by atoms with Crippen LogP contribution in [0.5, 0.6) is 0 Å². The Labute approximate surface area is 112 Å². The molecule has 1 N–H and O–H groups in total. The second-order valence-corrected chi connectivity index (χ2v) is 5.09. The van der Waals surface area contributed by atoms with E-state index in [1.807, 2.05) is 7.05 Å². The van der Waals surface area contributed by atoms with Crippen molar-refractivity contribution < 1.29 is 0 Å². The Morgan fingerprint density at radius 1 is 1.28 bits per heavy atom. The molecular formula is C14H19N3S. The van der Waals surface area contributed by atoms with Gasteiger partial charge in [-0.1, -0.05) is 41.7 Å². The van der Waals surface area contributed by atoms with Crippen molar-refractivity contribution in [1.29, 1.82) is 0 Å². The molecule has 0 radical (unpaired) electrons. The lowest BCUT2D eigenvalue weighted by Gasteiger charge is -2.14. The summed E-state index contributed by atoms with van der Waals surface area (Å²) in [6.45, 7) is 2.13. The summed E-state index contributed by atoms with van der Waals surface area (Å²) in [6.07, 6.45) is 3.11. The first-order chi connectivity index (χ1) is 8.85. The molecule has 1 aromatic heterocycles. The molecule has 1 heterocycles. The molecule has 0 amide bonds. The van der Waals surface area contributed by atoms with Gasteiger partial charge in [0.2, 0.25) is 0 Å². The van der Waals surface area contributed by atoms with Crippen LogP contribution in [0.4, 0.5) is 0 Å². The van der Waals surface area contributed by atoms with Gasteiger partial charge in [-0.15, -0.1) is 5.10 Å². The smallest absolute Gasteiger partial charge is 0.0800 e. The van der Waals surface area contributed by atoms with Gasteiger partial charge in [-0.05, 0) is 43.4 Å². The van der Waals surface area contributed by atoms with Crippen molar-refractivity contribution in [3.8, 4) is 0 Å². The average Bonchev–Trinajstić information content (AvgIpc) is 2.89. The van der Waals surface area contributed by atoms with E-state index in [1.165, 1.54) is 22.0 Å². The highest BCUT2D eigenvalue weighted by Crippen LogP contribution is 2.24. The molecule has 96 valence electrons. The zero-order chi connectivity index (χ0) is 12.8. The van der Waals surface area contributed by atoms with Crippen LogP contribution >= 0.6 is 11.5 Å². The van der Waals surface area contributed by atoms with Gasteiger partial charge in [0.05, 0.1) is 10.6 Å². The molecule has 0 saturated heterocycles. The van der Waals surface area contributed by atoms with Crippen molar-refractivity contribution in [3.63, 3.8) is 0 Å². The number of aryl methyl sites for hydroxylation is 2. The standard InChI is InChI=1S/C14H19N3S/c1-3-12-14(18-17-16-12)13(15-2)10-9-11-7-5-4-6-8-11/h4-8,13,15H,3,9-10H2,1-2H3. The van der Waals surface area contributed by atoms with Crippen molar-refractivity contribution in [2.45, 2.75) is 32.2 Å². The van der Waals surface area contributed by atoms with Crippen LogP contribution in [-0.2, 0) is 12.8 Å². The number of hydrogen-bond acceptors (Lipinski definition) is 4. The molecule has 0 aliphatic heterocycles. The van der Waals surface area contributed by atoms with E-state index in [9.17, 15) is 0 Å². The average molecular weight is 261 g/mol. The third-order valence-corrected chi connectivity index (χ3v) is 4.03. The number of rotatable bonds is 6. The highest BCUT2D eigenvalue weighted by atomic mass is 32.1. The Hall–Kier alpha value is -1.26. The zero-order valence-electron chi connectivity index (χ0n) is 10.9. The molecule has 2 aromatic rings. The van der Waals surface area contributed by atoms with Crippen LogP contribution < -0.4 is 5.32 Å². The van der Waals surface area contributed by atoms with Gasteiger partial charge in [-0.2, -0.15) is 0 Å². The number of hydrogen-bond donors (Lipinski definition) is 1. The molecule has 18 heavy (non-hydrogen) atoms. The molecule has 0 spiro atoms. The first-order valence-corrected chi connectivity index (χ1v) is 7.14. The van der Waals surface area contributed by atoms with Crippen LogP contribution in [0.25, 0.3) is 0 Å². The number of aromatic nitrogens is 2. The quantitative estimate of drug-likeness (QED) is 0.868. The van der Waals surface area contributed by atoms with E-state index < -0.39 is 0 Å². The summed E-state index contributed by atoms with van der Waals surface area (Å²) < 4.78 is 4.07. The fraction of sp³-hybridized carbons (Fsp3) is 0.429. The summed E-state index contributed by atoms with van der Waals surface area (Å²) in [5.41, 5.74) is 2.51. The van der Waals surface area contributed by atoms with Crippen LogP contribution in [-0.4, -0.2) is 16.6 Å². The van der Waals surface area contributed by atoms with Crippen LogP contribution in [0.2, 0.25) is 0 Å². The van der Waals surface area contributed by atoms with Gasteiger partial charge in [-0.3, -0.25) is 0 Å². The van der Waals surface area contributed by atoms with E-state index in [1.54, 1.807) is 0 Å². The van der Waals surface area contributed by atoms with Gasteiger partial charge < -0.3 is 5.32 Å². The second-order valence-electron chi connectivity index (χ2n) is 4.30. The minimum Gasteiger partial charge on any atom is -0.312 e. The number of nitrogens with zero attached hydrogens (tertiary/aromatic N) is 2. The van der Waals surface area contributed by atoms with Crippen molar-refractivity contribution in [2.75, 3.05) is 7.05 Å². The second kappa shape index (κ2) is 6.61. The largest absolute Gasteiger partial charge is 0.312 e. The van der Waals surface area contributed by atoms with Gasteiger partial charge in [0.25, 0.3) is 0 Å². The summed E-state index contributed by atoms with van der Waals surface area (Å²) in [6, 6.07) is 11.0. The van der Waals surface area contributed by atoms with E-state index in [2.05, 4.69) is 52.2 Å². The SMILES string of the molecule is CCc1nnsc1C(CCc1ccccc1)NC. The molecular weight excluding hydrogens is 242 g/mol. The lowest BCUT2D eigenvalue weighted by Crippen LogP contribution is -2.17. The summed E-state index contributed by atoms with van der Waals surface area (Å²) in [5, 5.41) is 7.57. The Morgan fingerprint density at radius 3 is 2.72 bits per heavy atom. The molecule has 2 rings (SSSR count). The van der Waals surface area contributed by atoms with E-state index >= 15 is 0 Å². The highest BCUT2D eigenvalue weighted by Gasteiger charge is 2.16. The Kier molecular flexibility index (Phi) is 4.84. The maximum atomic E-state index is 4.19. The minimum atomic E-state index is 0.361. The van der Waals surface area contributed by atoms with E-state index in [0.29, 0.717) is 6.04 Å². The molecule has 0 bridgehead atoms. The normalized spacial score (nSPS) is 12.6. The third kappa shape index (κ3) is 3.15. The fourth-order valence-electron chi connectivity index (χ4n) is 2.09. The van der Waals surface area contributed by atoms with Crippen LogP contribution in [0, 0.1) is 0 Å². The molecule has 0 fully saturated rings. The fourth-order valence-corrected chi connectivity index (χ4v) is 2.97. The first-order valence-electron chi connectivity index (χ1n) is 6.37. The molecule has 1 unspecified atom stereocenters. The Balaban J connectivity index is 2.02. The predicted octanol–water partition coefficient (Wildman–Crippen LogP) is 2.99.